The summed E-state index contributed by atoms with van der Waals surface area (Å²) in [6, 6.07) is 9.86. The first kappa shape index (κ1) is 18.9. The molecule has 0 saturated carbocycles. The number of amides is 2. The normalized spacial score (nSPS) is 17.1. The molecular formula is C19H23N3O2S2. The van der Waals surface area contributed by atoms with Gasteiger partial charge in [0, 0.05) is 24.0 Å². The Kier molecular flexibility index (Phi) is 6.68. The summed E-state index contributed by atoms with van der Waals surface area (Å²) in [6.07, 6.45) is 2.27. The van der Waals surface area contributed by atoms with Gasteiger partial charge in [-0.15, -0.1) is 23.1 Å². The molecule has 0 spiro atoms. The summed E-state index contributed by atoms with van der Waals surface area (Å²) in [7, 11) is 0. The third-order valence-corrected chi connectivity index (χ3v) is 5.96. The number of benzene rings is 1. The molecule has 26 heavy (non-hydrogen) atoms. The van der Waals surface area contributed by atoms with Crippen LogP contribution in [0.2, 0.25) is 0 Å². The average Bonchev–Trinajstić information content (AvgIpc) is 3.11. The zero-order chi connectivity index (χ0) is 18.4. The number of piperidine rings is 1. The van der Waals surface area contributed by atoms with Crippen molar-refractivity contribution < 1.29 is 9.59 Å². The molecule has 2 heterocycles. The number of anilines is 1. The van der Waals surface area contributed by atoms with Gasteiger partial charge in [0.15, 0.2) is 5.13 Å². The van der Waals surface area contributed by atoms with Crippen molar-refractivity contribution in [2.24, 2.45) is 5.92 Å². The number of carbonyl (C=O) groups is 2. The summed E-state index contributed by atoms with van der Waals surface area (Å²) in [5.41, 5.74) is 1.88. The van der Waals surface area contributed by atoms with Crippen LogP contribution in [-0.2, 0) is 9.59 Å². The van der Waals surface area contributed by atoms with Gasteiger partial charge in [-0.05, 0) is 18.8 Å². The van der Waals surface area contributed by atoms with Crippen molar-refractivity contribution in [3.05, 3.63) is 35.7 Å². The lowest BCUT2D eigenvalue weighted by Gasteiger charge is -2.30. The Hall–Kier alpha value is -1.86. The van der Waals surface area contributed by atoms with Crippen LogP contribution < -0.4 is 5.32 Å². The second kappa shape index (κ2) is 9.19. The summed E-state index contributed by atoms with van der Waals surface area (Å²) < 4.78 is 0. The first-order valence-electron chi connectivity index (χ1n) is 8.78. The quantitative estimate of drug-likeness (QED) is 0.817. The predicted octanol–water partition coefficient (Wildman–Crippen LogP) is 3.74. The standard InChI is InChI=1S/C19H23N3O2S2/c1-14-6-5-9-22(10-14)18(24)13-25-12-17(23)21-19-20-16(11-26-19)15-7-3-2-4-8-15/h2-4,7-8,11,14H,5-6,9-10,12-13H2,1H3,(H,20,21,23)/t14-/m0/s1. The molecule has 1 fully saturated rings. The van der Waals surface area contributed by atoms with E-state index in [0.717, 1.165) is 30.8 Å². The van der Waals surface area contributed by atoms with Gasteiger partial charge in [0.2, 0.25) is 11.8 Å². The van der Waals surface area contributed by atoms with Gasteiger partial charge < -0.3 is 10.2 Å². The molecule has 1 aliphatic heterocycles. The molecule has 1 aromatic carbocycles. The number of nitrogens with one attached hydrogen (secondary N) is 1. The van der Waals surface area contributed by atoms with Crippen molar-refractivity contribution in [3.63, 3.8) is 0 Å². The highest BCUT2D eigenvalue weighted by Crippen LogP contribution is 2.24. The number of thiazole rings is 1. The third-order valence-electron chi connectivity index (χ3n) is 4.29. The summed E-state index contributed by atoms with van der Waals surface area (Å²) >= 11 is 2.77. The van der Waals surface area contributed by atoms with E-state index in [1.165, 1.54) is 29.5 Å². The molecule has 3 rings (SSSR count). The summed E-state index contributed by atoms with van der Waals surface area (Å²) in [5.74, 6) is 1.20. The maximum absolute atomic E-state index is 12.2. The lowest BCUT2D eigenvalue weighted by atomic mass is 10.0. The SMILES string of the molecule is C[C@H]1CCCN(C(=O)CSCC(=O)Nc2nc(-c3ccccc3)cs2)C1. The van der Waals surface area contributed by atoms with E-state index in [-0.39, 0.29) is 17.6 Å². The summed E-state index contributed by atoms with van der Waals surface area (Å²) in [5, 5.41) is 5.33. The minimum Gasteiger partial charge on any atom is -0.342 e. The zero-order valence-corrected chi connectivity index (χ0v) is 16.4. The number of hydrogen-bond acceptors (Lipinski definition) is 5. The van der Waals surface area contributed by atoms with E-state index in [4.69, 9.17) is 0 Å². The number of likely N-dealkylation sites (tertiary alicyclic amines) is 1. The van der Waals surface area contributed by atoms with Gasteiger partial charge in [-0.2, -0.15) is 0 Å². The number of aromatic nitrogens is 1. The molecule has 2 amide bonds. The molecule has 1 N–H and O–H groups in total. The maximum Gasteiger partial charge on any atom is 0.236 e. The van der Waals surface area contributed by atoms with E-state index in [1.54, 1.807) is 0 Å². The zero-order valence-electron chi connectivity index (χ0n) is 14.8. The fraction of sp³-hybridized carbons (Fsp3) is 0.421. The van der Waals surface area contributed by atoms with Crippen molar-refractivity contribution >= 4 is 40.0 Å². The van der Waals surface area contributed by atoms with E-state index in [9.17, 15) is 9.59 Å². The number of carbonyl (C=O) groups excluding carboxylic acids is 2. The Bertz CT molecular complexity index is 748. The fourth-order valence-corrected chi connectivity index (χ4v) is 4.42. The van der Waals surface area contributed by atoms with Gasteiger partial charge in [-0.1, -0.05) is 37.3 Å². The van der Waals surface area contributed by atoms with Crippen LogP contribution in [-0.4, -0.2) is 46.3 Å². The van der Waals surface area contributed by atoms with Crippen molar-refractivity contribution in [2.75, 3.05) is 29.9 Å². The van der Waals surface area contributed by atoms with Crippen LogP contribution in [0.15, 0.2) is 35.7 Å². The van der Waals surface area contributed by atoms with Crippen molar-refractivity contribution in [2.45, 2.75) is 19.8 Å². The molecule has 0 bridgehead atoms. The number of thioether (sulfide) groups is 1. The molecule has 7 heteroatoms. The van der Waals surface area contributed by atoms with Crippen molar-refractivity contribution in [1.29, 1.82) is 0 Å². The van der Waals surface area contributed by atoms with Crippen LogP contribution in [0.3, 0.4) is 0 Å². The van der Waals surface area contributed by atoms with Crippen molar-refractivity contribution in [1.82, 2.24) is 9.88 Å². The Morgan fingerprint density at radius 2 is 2.12 bits per heavy atom. The second-order valence-electron chi connectivity index (χ2n) is 6.53. The lowest BCUT2D eigenvalue weighted by molar-refractivity contribution is -0.130. The van der Waals surface area contributed by atoms with Crippen molar-refractivity contribution in [3.8, 4) is 11.3 Å². The molecule has 1 aliphatic rings. The first-order valence-corrected chi connectivity index (χ1v) is 10.8. The summed E-state index contributed by atoms with van der Waals surface area (Å²) in [6.45, 7) is 3.86. The van der Waals surface area contributed by atoms with E-state index in [2.05, 4.69) is 17.2 Å². The van der Waals surface area contributed by atoms with Gasteiger partial charge >= 0.3 is 0 Å². The molecule has 0 radical (unpaired) electrons. The summed E-state index contributed by atoms with van der Waals surface area (Å²) in [4.78, 5) is 30.7. The third kappa shape index (κ3) is 5.32. The largest absolute Gasteiger partial charge is 0.342 e. The highest BCUT2D eigenvalue weighted by molar-refractivity contribution is 8.00. The van der Waals surface area contributed by atoms with Gasteiger partial charge in [0.05, 0.1) is 17.2 Å². The lowest BCUT2D eigenvalue weighted by Crippen LogP contribution is -2.40. The number of nitrogens with zero attached hydrogens (tertiary/aromatic N) is 2. The first-order chi connectivity index (χ1) is 12.6. The van der Waals surface area contributed by atoms with Crippen LogP contribution in [0, 0.1) is 5.92 Å². The molecule has 1 atom stereocenters. The van der Waals surface area contributed by atoms with Crippen LogP contribution in [0.25, 0.3) is 11.3 Å². The molecular weight excluding hydrogens is 366 g/mol. The van der Waals surface area contributed by atoms with E-state index in [0.29, 0.717) is 16.8 Å². The molecule has 0 aliphatic carbocycles. The molecule has 5 nitrogen and oxygen atoms in total. The Morgan fingerprint density at radius 3 is 2.88 bits per heavy atom. The van der Waals surface area contributed by atoms with E-state index >= 15 is 0 Å². The highest BCUT2D eigenvalue weighted by atomic mass is 32.2. The topological polar surface area (TPSA) is 62.3 Å². The minimum absolute atomic E-state index is 0.122. The van der Waals surface area contributed by atoms with Crippen LogP contribution in [0.5, 0.6) is 0 Å². The number of hydrogen-bond donors (Lipinski definition) is 1. The van der Waals surface area contributed by atoms with Crippen LogP contribution in [0.1, 0.15) is 19.8 Å². The Morgan fingerprint density at radius 1 is 1.31 bits per heavy atom. The minimum atomic E-state index is -0.122. The van der Waals surface area contributed by atoms with Crippen LogP contribution in [0.4, 0.5) is 5.13 Å². The second-order valence-corrected chi connectivity index (χ2v) is 8.38. The molecule has 0 unspecified atom stereocenters. The van der Waals surface area contributed by atoms with Gasteiger partial charge in [-0.25, -0.2) is 4.98 Å². The highest BCUT2D eigenvalue weighted by Gasteiger charge is 2.20. The average molecular weight is 390 g/mol. The van der Waals surface area contributed by atoms with E-state index in [1.807, 2.05) is 40.6 Å². The number of rotatable bonds is 6. The fourth-order valence-electron chi connectivity index (χ4n) is 2.97. The molecule has 2 aromatic rings. The van der Waals surface area contributed by atoms with Gasteiger partial charge in [0.1, 0.15) is 0 Å². The maximum atomic E-state index is 12.2. The molecule has 138 valence electrons. The monoisotopic (exact) mass is 389 g/mol. The molecule has 1 aromatic heterocycles. The predicted molar refractivity (Wildman–Crippen MR) is 108 cm³/mol. The van der Waals surface area contributed by atoms with Gasteiger partial charge in [-0.3, -0.25) is 9.59 Å². The van der Waals surface area contributed by atoms with E-state index < -0.39 is 0 Å². The molecule has 1 saturated heterocycles. The van der Waals surface area contributed by atoms with Crippen LogP contribution >= 0.6 is 23.1 Å². The Labute approximate surface area is 162 Å². The Balaban J connectivity index is 1.42. The van der Waals surface area contributed by atoms with Gasteiger partial charge in [0.25, 0.3) is 0 Å². The smallest absolute Gasteiger partial charge is 0.236 e.